The molecule has 2 N–H and O–H groups in total. The Morgan fingerprint density at radius 1 is 1.33 bits per heavy atom. The van der Waals surface area contributed by atoms with Crippen LogP contribution in [0.15, 0.2) is 24.3 Å². The van der Waals surface area contributed by atoms with E-state index in [0.717, 1.165) is 47.7 Å². The van der Waals surface area contributed by atoms with E-state index in [9.17, 15) is 9.90 Å². The third-order valence-electron chi connectivity index (χ3n) is 5.22. The first-order valence-electron chi connectivity index (χ1n) is 8.70. The van der Waals surface area contributed by atoms with Crippen LogP contribution in [0.2, 0.25) is 0 Å². The molecule has 24 heavy (non-hydrogen) atoms. The SMILES string of the molecule is O=C(N1CCC[C@@H](c2nc3ccccc3[nH]2)C1)C1(O)CCSCC1. The van der Waals surface area contributed by atoms with Crippen molar-refractivity contribution in [3.63, 3.8) is 0 Å². The Balaban J connectivity index is 1.51. The highest BCUT2D eigenvalue weighted by atomic mass is 32.2. The average Bonchev–Trinajstić information content (AvgIpc) is 3.06. The first kappa shape index (κ1) is 16.0. The fraction of sp³-hybridized carbons (Fsp3) is 0.556. The Bertz CT molecular complexity index is 706. The molecule has 1 aromatic carbocycles. The van der Waals surface area contributed by atoms with Gasteiger partial charge in [-0.15, -0.1) is 0 Å². The van der Waals surface area contributed by atoms with Gasteiger partial charge in [-0.3, -0.25) is 4.79 Å². The van der Waals surface area contributed by atoms with Gasteiger partial charge in [0.25, 0.3) is 5.91 Å². The molecule has 2 aromatic rings. The van der Waals surface area contributed by atoms with E-state index in [4.69, 9.17) is 4.98 Å². The Morgan fingerprint density at radius 2 is 2.12 bits per heavy atom. The number of thioether (sulfide) groups is 1. The summed E-state index contributed by atoms with van der Waals surface area (Å²) in [6, 6.07) is 8.02. The monoisotopic (exact) mass is 345 g/mol. The highest BCUT2D eigenvalue weighted by molar-refractivity contribution is 7.99. The van der Waals surface area contributed by atoms with Gasteiger partial charge in [0, 0.05) is 19.0 Å². The maximum absolute atomic E-state index is 12.9. The first-order valence-corrected chi connectivity index (χ1v) is 9.85. The van der Waals surface area contributed by atoms with Crippen LogP contribution in [-0.2, 0) is 4.79 Å². The van der Waals surface area contributed by atoms with Crippen molar-refractivity contribution in [2.75, 3.05) is 24.6 Å². The van der Waals surface area contributed by atoms with Gasteiger partial charge >= 0.3 is 0 Å². The van der Waals surface area contributed by atoms with E-state index in [1.165, 1.54) is 0 Å². The number of amides is 1. The zero-order valence-electron chi connectivity index (χ0n) is 13.7. The number of imidazole rings is 1. The maximum Gasteiger partial charge on any atom is 0.254 e. The molecule has 0 saturated carbocycles. The van der Waals surface area contributed by atoms with Crippen LogP contribution in [0, 0.1) is 0 Å². The summed E-state index contributed by atoms with van der Waals surface area (Å²) in [4.78, 5) is 22.8. The molecule has 0 unspecified atom stereocenters. The molecule has 2 saturated heterocycles. The van der Waals surface area contributed by atoms with Gasteiger partial charge in [-0.1, -0.05) is 12.1 Å². The number of aliphatic hydroxyl groups is 1. The molecule has 6 heteroatoms. The molecule has 5 nitrogen and oxygen atoms in total. The second-order valence-electron chi connectivity index (χ2n) is 6.87. The number of likely N-dealkylation sites (tertiary alicyclic amines) is 1. The lowest BCUT2D eigenvalue weighted by atomic mass is 9.91. The van der Waals surface area contributed by atoms with E-state index in [-0.39, 0.29) is 11.8 Å². The Kier molecular flexibility index (Phi) is 4.26. The lowest BCUT2D eigenvalue weighted by molar-refractivity contribution is -0.153. The van der Waals surface area contributed by atoms with Crippen molar-refractivity contribution < 1.29 is 9.90 Å². The van der Waals surface area contributed by atoms with Crippen LogP contribution in [0.25, 0.3) is 11.0 Å². The van der Waals surface area contributed by atoms with Crippen LogP contribution in [0.3, 0.4) is 0 Å². The number of hydrogen-bond donors (Lipinski definition) is 2. The summed E-state index contributed by atoms with van der Waals surface area (Å²) in [6.07, 6.45) is 3.13. The van der Waals surface area contributed by atoms with Gasteiger partial charge < -0.3 is 15.0 Å². The van der Waals surface area contributed by atoms with Gasteiger partial charge in [-0.2, -0.15) is 11.8 Å². The summed E-state index contributed by atoms with van der Waals surface area (Å²) in [7, 11) is 0. The van der Waals surface area contributed by atoms with Crippen LogP contribution in [0.4, 0.5) is 0 Å². The first-order chi connectivity index (χ1) is 11.7. The summed E-state index contributed by atoms with van der Waals surface area (Å²) in [5, 5.41) is 10.7. The number of carbonyl (C=O) groups excluding carboxylic acids is 1. The van der Waals surface area contributed by atoms with Crippen LogP contribution in [0.5, 0.6) is 0 Å². The van der Waals surface area contributed by atoms with E-state index in [1.54, 1.807) is 0 Å². The number of nitrogens with one attached hydrogen (secondary N) is 1. The van der Waals surface area contributed by atoms with Gasteiger partial charge in [0.2, 0.25) is 0 Å². The lowest BCUT2D eigenvalue weighted by Gasteiger charge is -2.39. The minimum atomic E-state index is -1.15. The molecular formula is C18H23N3O2S. The molecule has 0 bridgehead atoms. The molecule has 1 atom stereocenters. The maximum atomic E-state index is 12.9. The molecule has 2 fully saturated rings. The quantitative estimate of drug-likeness (QED) is 0.877. The molecule has 0 radical (unpaired) electrons. The summed E-state index contributed by atoms with van der Waals surface area (Å²) in [5.41, 5.74) is 0.860. The number of piperidine rings is 1. The molecule has 4 rings (SSSR count). The Hall–Kier alpha value is -1.53. The lowest BCUT2D eigenvalue weighted by Crippen LogP contribution is -2.53. The largest absolute Gasteiger partial charge is 0.380 e. The van der Waals surface area contributed by atoms with Crippen molar-refractivity contribution in [1.82, 2.24) is 14.9 Å². The van der Waals surface area contributed by atoms with E-state index < -0.39 is 5.60 Å². The highest BCUT2D eigenvalue weighted by Gasteiger charge is 2.41. The summed E-state index contributed by atoms with van der Waals surface area (Å²) >= 11 is 1.82. The van der Waals surface area contributed by atoms with Gasteiger partial charge in [-0.25, -0.2) is 4.98 Å². The average molecular weight is 345 g/mol. The molecule has 128 valence electrons. The topological polar surface area (TPSA) is 69.2 Å². The van der Waals surface area contributed by atoms with Gasteiger partial charge in [0.05, 0.1) is 11.0 Å². The fourth-order valence-electron chi connectivity index (χ4n) is 3.77. The zero-order valence-corrected chi connectivity index (χ0v) is 14.5. The standard InChI is InChI=1S/C18H23N3O2S/c22-17(18(23)7-10-24-11-8-18)21-9-3-4-13(12-21)16-19-14-5-1-2-6-15(14)20-16/h1-2,5-6,13,23H,3-4,7-12H2,(H,19,20)/t13-/m1/s1. The summed E-state index contributed by atoms with van der Waals surface area (Å²) < 4.78 is 0. The van der Waals surface area contributed by atoms with Crippen LogP contribution in [0.1, 0.15) is 37.4 Å². The van der Waals surface area contributed by atoms with Gasteiger partial charge in [-0.05, 0) is 49.3 Å². The molecule has 0 spiro atoms. The molecular weight excluding hydrogens is 322 g/mol. The van der Waals surface area contributed by atoms with E-state index >= 15 is 0 Å². The van der Waals surface area contributed by atoms with Gasteiger partial charge in [0.1, 0.15) is 11.4 Å². The molecule has 3 heterocycles. The molecule has 1 aromatic heterocycles. The van der Waals surface area contributed by atoms with Crippen LogP contribution < -0.4 is 0 Å². The number of aromatic amines is 1. The zero-order chi connectivity index (χ0) is 16.6. The fourth-order valence-corrected chi connectivity index (χ4v) is 4.94. The molecule has 2 aliphatic heterocycles. The predicted molar refractivity (Wildman–Crippen MR) is 96.2 cm³/mol. The number of aromatic nitrogens is 2. The number of nitrogens with zero attached hydrogens (tertiary/aromatic N) is 2. The number of rotatable bonds is 2. The van der Waals surface area contributed by atoms with Crippen LogP contribution >= 0.6 is 11.8 Å². The predicted octanol–water partition coefficient (Wildman–Crippen LogP) is 2.53. The second-order valence-corrected chi connectivity index (χ2v) is 8.10. The highest BCUT2D eigenvalue weighted by Crippen LogP contribution is 2.32. The Labute approximate surface area is 145 Å². The minimum absolute atomic E-state index is 0.0800. The van der Waals surface area contributed by atoms with Gasteiger partial charge in [0.15, 0.2) is 0 Å². The number of benzene rings is 1. The number of H-pyrrole nitrogens is 1. The molecule has 1 amide bonds. The number of carbonyl (C=O) groups is 1. The third-order valence-corrected chi connectivity index (χ3v) is 6.21. The Morgan fingerprint density at radius 3 is 2.92 bits per heavy atom. The second kappa shape index (κ2) is 6.41. The van der Waals surface area contributed by atoms with E-state index in [2.05, 4.69) is 4.98 Å². The van der Waals surface area contributed by atoms with Crippen molar-refractivity contribution in [3.8, 4) is 0 Å². The van der Waals surface area contributed by atoms with Crippen molar-refractivity contribution in [3.05, 3.63) is 30.1 Å². The smallest absolute Gasteiger partial charge is 0.254 e. The van der Waals surface area contributed by atoms with Crippen molar-refractivity contribution in [1.29, 1.82) is 0 Å². The van der Waals surface area contributed by atoms with Crippen molar-refractivity contribution >= 4 is 28.7 Å². The van der Waals surface area contributed by atoms with E-state index in [0.29, 0.717) is 19.4 Å². The van der Waals surface area contributed by atoms with Crippen molar-refractivity contribution in [2.45, 2.75) is 37.2 Å². The third kappa shape index (κ3) is 2.93. The van der Waals surface area contributed by atoms with Crippen LogP contribution in [-0.4, -0.2) is 56.1 Å². The normalized spacial score (nSPS) is 24.2. The number of hydrogen-bond acceptors (Lipinski definition) is 4. The molecule has 0 aliphatic carbocycles. The number of para-hydroxylation sites is 2. The summed E-state index contributed by atoms with van der Waals surface area (Å²) in [5.74, 6) is 2.83. The summed E-state index contributed by atoms with van der Waals surface area (Å²) in [6.45, 7) is 1.39. The molecule has 2 aliphatic rings. The van der Waals surface area contributed by atoms with E-state index in [1.807, 2.05) is 40.9 Å². The number of fused-ring (bicyclic) bond motifs is 1. The van der Waals surface area contributed by atoms with Crippen molar-refractivity contribution in [2.24, 2.45) is 0 Å². The minimum Gasteiger partial charge on any atom is -0.380 e.